The van der Waals surface area contributed by atoms with E-state index in [2.05, 4.69) is 10.2 Å². The summed E-state index contributed by atoms with van der Waals surface area (Å²) in [5.41, 5.74) is 1.24. The summed E-state index contributed by atoms with van der Waals surface area (Å²) in [5.74, 6) is 0.638. The Bertz CT molecular complexity index is 670. The number of hydrogen-bond acceptors (Lipinski definition) is 5. The number of halogens is 2. The van der Waals surface area contributed by atoms with Crippen LogP contribution in [-0.2, 0) is 6.54 Å². The van der Waals surface area contributed by atoms with Gasteiger partial charge in [0.2, 0.25) is 0 Å². The molecule has 0 radical (unpaired) electrons. The summed E-state index contributed by atoms with van der Waals surface area (Å²) in [4.78, 5) is 1.96. The van der Waals surface area contributed by atoms with Crippen LogP contribution in [0.5, 0.6) is 0 Å². The van der Waals surface area contributed by atoms with E-state index in [-0.39, 0.29) is 12.3 Å². The molecule has 2 aromatic rings. The number of aliphatic hydroxyl groups excluding tert-OH is 1. The van der Waals surface area contributed by atoms with Crippen molar-refractivity contribution >= 4 is 29.0 Å². The van der Waals surface area contributed by atoms with Crippen LogP contribution in [-0.4, -0.2) is 28.5 Å². The third-order valence-electron chi connectivity index (χ3n) is 3.03. The Morgan fingerprint density at radius 1 is 1.14 bits per heavy atom. The predicted molar refractivity (Wildman–Crippen MR) is 86.0 cm³/mol. The van der Waals surface area contributed by atoms with Crippen LogP contribution < -0.4 is 4.90 Å². The van der Waals surface area contributed by atoms with Crippen LogP contribution in [0.1, 0.15) is 17.7 Å². The van der Waals surface area contributed by atoms with Gasteiger partial charge in [-0.15, -0.1) is 10.2 Å². The van der Waals surface area contributed by atoms with Gasteiger partial charge in [0.15, 0.2) is 11.5 Å². The maximum absolute atomic E-state index is 9.05. The van der Waals surface area contributed by atoms with Gasteiger partial charge in [-0.3, -0.25) is 0 Å². The second kappa shape index (κ2) is 7.95. The summed E-state index contributed by atoms with van der Waals surface area (Å²) < 4.78 is 0. The Morgan fingerprint density at radius 2 is 1.95 bits per heavy atom. The number of hydrogen-bond donors (Lipinski definition) is 1. The smallest absolute Gasteiger partial charge is 0.163 e. The molecule has 0 aliphatic carbocycles. The monoisotopic (exact) mass is 336 g/mol. The first-order valence-corrected chi connectivity index (χ1v) is 7.43. The number of aliphatic hydroxyl groups is 1. The molecule has 0 fully saturated rings. The minimum atomic E-state index is 0.0849. The maximum Gasteiger partial charge on any atom is 0.163 e. The zero-order chi connectivity index (χ0) is 15.9. The van der Waals surface area contributed by atoms with Crippen molar-refractivity contribution in [3.05, 3.63) is 51.6 Å². The molecule has 1 N–H and O–H groups in total. The van der Waals surface area contributed by atoms with E-state index in [1.54, 1.807) is 24.3 Å². The van der Waals surface area contributed by atoms with Gasteiger partial charge in [-0.25, -0.2) is 0 Å². The van der Waals surface area contributed by atoms with Crippen LogP contribution in [0, 0.1) is 11.3 Å². The van der Waals surface area contributed by atoms with Crippen molar-refractivity contribution < 1.29 is 5.11 Å². The van der Waals surface area contributed by atoms with Gasteiger partial charge in [-0.05, 0) is 36.2 Å². The molecule has 1 heterocycles. The number of nitrogens with zero attached hydrogens (tertiary/aromatic N) is 4. The first kappa shape index (κ1) is 16.5. The quantitative estimate of drug-likeness (QED) is 0.877. The predicted octanol–water partition coefficient (Wildman–Crippen LogP) is 3.04. The van der Waals surface area contributed by atoms with Crippen molar-refractivity contribution in [2.75, 3.05) is 18.1 Å². The summed E-state index contributed by atoms with van der Waals surface area (Å²) in [5, 5.41) is 26.7. The molecule has 0 saturated heterocycles. The summed E-state index contributed by atoms with van der Waals surface area (Å²) in [6.07, 6.45) is 0.600. The van der Waals surface area contributed by atoms with E-state index >= 15 is 0 Å². The molecule has 0 amide bonds. The van der Waals surface area contributed by atoms with Gasteiger partial charge in [0.1, 0.15) is 6.07 Å². The second-order valence-corrected chi connectivity index (χ2v) is 5.45. The van der Waals surface area contributed by atoms with Crippen LogP contribution in [0.2, 0.25) is 10.0 Å². The minimum Gasteiger partial charge on any atom is -0.396 e. The lowest BCUT2D eigenvalue weighted by Crippen LogP contribution is -2.26. The molecule has 114 valence electrons. The summed E-state index contributed by atoms with van der Waals surface area (Å²) >= 11 is 12.0. The molecule has 0 aliphatic rings. The molecule has 5 nitrogen and oxygen atoms in total. The Hall–Kier alpha value is -1.87. The first-order chi connectivity index (χ1) is 10.6. The first-order valence-electron chi connectivity index (χ1n) is 6.67. The van der Waals surface area contributed by atoms with Crippen molar-refractivity contribution in [3.63, 3.8) is 0 Å². The molecule has 2 rings (SSSR count). The van der Waals surface area contributed by atoms with Crippen molar-refractivity contribution in [1.29, 1.82) is 5.26 Å². The minimum absolute atomic E-state index is 0.0849. The van der Waals surface area contributed by atoms with E-state index in [0.717, 1.165) is 5.56 Å². The lowest BCUT2D eigenvalue weighted by molar-refractivity contribution is 0.289. The molecule has 0 unspecified atom stereocenters. The average Bonchev–Trinajstić information content (AvgIpc) is 2.55. The van der Waals surface area contributed by atoms with Crippen LogP contribution in [0.15, 0.2) is 30.3 Å². The van der Waals surface area contributed by atoms with Gasteiger partial charge in [0, 0.05) is 19.7 Å². The van der Waals surface area contributed by atoms with E-state index in [1.807, 2.05) is 17.0 Å². The number of aromatic nitrogens is 2. The van der Waals surface area contributed by atoms with Crippen LogP contribution in [0.4, 0.5) is 5.82 Å². The van der Waals surface area contributed by atoms with Crippen molar-refractivity contribution in [3.8, 4) is 6.07 Å². The molecule has 0 aliphatic heterocycles. The maximum atomic E-state index is 9.05. The van der Waals surface area contributed by atoms with Crippen LogP contribution in [0.3, 0.4) is 0 Å². The lowest BCUT2D eigenvalue weighted by Gasteiger charge is -2.23. The summed E-state index contributed by atoms with van der Waals surface area (Å²) in [7, 11) is 0. The van der Waals surface area contributed by atoms with Gasteiger partial charge in [-0.1, -0.05) is 29.3 Å². The Balaban J connectivity index is 2.21. The largest absolute Gasteiger partial charge is 0.396 e. The molecular weight excluding hydrogens is 323 g/mol. The van der Waals surface area contributed by atoms with Crippen LogP contribution in [0.25, 0.3) is 0 Å². The molecule has 0 atom stereocenters. The Labute approximate surface area is 138 Å². The van der Waals surface area contributed by atoms with Crippen molar-refractivity contribution in [2.45, 2.75) is 13.0 Å². The highest BCUT2D eigenvalue weighted by Crippen LogP contribution is 2.24. The highest BCUT2D eigenvalue weighted by atomic mass is 35.5. The summed E-state index contributed by atoms with van der Waals surface area (Å²) in [6, 6.07) is 10.7. The van der Waals surface area contributed by atoms with E-state index in [0.29, 0.717) is 35.4 Å². The molecular formula is C15H14Cl2N4O. The zero-order valence-electron chi connectivity index (χ0n) is 11.7. The number of rotatable bonds is 6. The third-order valence-corrected chi connectivity index (χ3v) is 3.77. The Morgan fingerprint density at radius 3 is 2.55 bits per heavy atom. The Kier molecular flexibility index (Phi) is 5.96. The highest BCUT2D eigenvalue weighted by Gasteiger charge is 2.10. The van der Waals surface area contributed by atoms with E-state index in [4.69, 9.17) is 33.6 Å². The van der Waals surface area contributed by atoms with Gasteiger partial charge in [-0.2, -0.15) is 5.26 Å². The third kappa shape index (κ3) is 4.31. The number of benzene rings is 1. The van der Waals surface area contributed by atoms with Gasteiger partial charge in [0.25, 0.3) is 0 Å². The fourth-order valence-corrected chi connectivity index (χ4v) is 2.27. The van der Waals surface area contributed by atoms with Gasteiger partial charge < -0.3 is 10.0 Å². The lowest BCUT2D eigenvalue weighted by atomic mass is 10.2. The molecule has 0 saturated carbocycles. The van der Waals surface area contributed by atoms with E-state index in [9.17, 15) is 0 Å². The van der Waals surface area contributed by atoms with Gasteiger partial charge in [0.05, 0.1) is 10.0 Å². The normalized spacial score (nSPS) is 10.3. The SMILES string of the molecule is N#Cc1ccc(N(CCCO)Cc2ccc(Cl)c(Cl)c2)nn1. The standard InChI is InChI=1S/C15H14Cl2N4O/c16-13-4-2-11(8-14(13)17)10-21(6-1-7-22)15-5-3-12(9-18)19-20-15/h2-5,8,22H,1,6-7,10H2. The molecule has 7 heteroatoms. The van der Waals surface area contributed by atoms with Crippen molar-refractivity contribution in [1.82, 2.24) is 10.2 Å². The molecule has 22 heavy (non-hydrogen) atoms. The number of nitriles is 1. The summed E-state index contributed by atoms with van der Waals surface area (Å²) in [6.45, 7) is 1.25. The fraction of sp³-hybridized carbons (Fsp3) is 0.267. The molecule has 1 aromatic carbocycles. The van der Waals surface area contributed by atoms with Crippen LogP contribution >= 0.6 is 23.2 Å². The number of anilines is 1. The molecule has 0 spiro atoms. The van der Waals surface area contributed by atoms with E-state index in [1.165, 1.54) is 0 Å². The molecule has 0 bridgehead atoms. The van der Waals surface area contributed by atoms with Gasteiger partial charge >= 0.3 is 0 Å². The zero-order valence-corrected chi connectivity index (χ0v) is 13.2. The second-order valence-electron chi connectivity index (χ2n) is 4.64. The van der Waals surface area contributed by atoms with Crippen molar-refractivity contribution in [2.24, 2.45) is 0 Å². The molecule has 1 aromatic heterocycles. The fourth-order valence-electron chi connectivity index (χ4n) is 1.95. The topological polar surface area (TPSA) is 73.0 Å². The van der Waals surface area contributed by atoms with E-state index < -0.39 is 0 Å². The highest BCUT2D eigenvalue weighted by molar-refractivity contribution is 6.42. The average molecular weight is 337 g/mol.